The van der Waals surface area contributed by atoms with Gasteiger partial charge in [-0.2, -0.15) is 0 Å². The minimum atomic E-state index is -0.277. The van der Waals surface area contributed by atoms with E-state index in [1.165, 1.54) is 10.5 Å². The fourth-order valence-electron chi connectivity index (χ4n) is 5.21. The summed E-state index contributed by atoms with van der Waals surface area (Å²) in [5.74, 6) is -0.619. The largest absolute Gasteiger partial charge is 0.322 e. The van der Waals surface area contributed by atoms with Crippen LogP contribution in [0.15, 0.2) is 54.1 Å². The molecule has 1 aliphatic heterocycles. The van der Waals surface area contributed by atoms with Crippen LogP contribution in [0, 0.1) is 30.6 Å². The van der Waals surface area contributed by atoms with E-state index in [1.54, 1.807) is 36.4 Å². The highest BCUT2D eigenvalue weighted by atomic mass is 35.5. The Balaban J connectivity index is 1.36. The normalized spacial score (nSPS) is 26.8. The molecule has 3 amide bonds. The fourth-order valence-corrected chi connectivity index (χ4v) is 5.39. The lowest BCUT2D eigenvalue weighted by atomic mass is 9.82. The number of aryl methyl sites for hydroxylation is 1. The molecule has 4 atom stereocenters. The molecular weight excluding hydrogens is 400 g/mol. The SMILES string of the molecule is CC1=C[C@H]2C[C@H]1[C@H]1C(=O)N(c3ccc(C(=O)Nc4cc(Cl)ccc4C)cc3)C(=O)[C@@H]12. The number of anilines is 2. The van der Waals surface area contributed by atoms with Crippen molar-refractivity contribution in [3.8, 4) is 0 Å². The number of hydrogen-bond donors (Lipinski definition) is 1. The molecule has 0 spiro atoms. The van der Waals surface area contributed by atoms with Gasteiger partial charge in [-0.05, 0) is 74.1 Å². The Hall–Kier alpha value is -2.92. The molecule has 30 heavy (non-hydrogen) atoms. The number of carbonyl (C=O) groups excluding carboxylic acids is 3. The number of nitrogens with zero attached hydrogens (tertiary/aromatic N) is 1. The molecule has 3 aliphatic rings. The topological polar surface area (TPSA) is 66.5 Å². The third-order valence-electron chi connectivity index (χ3n) is 6.72. The number of fused-ring (bicyclic) bond motifs is 5. The van der Waals surface area contributed by atoms with E-state index >= 15 is 0 Å². The summed E-state index contributed by atoms with van der Waals surface area (Å²) >= 11 is 6.02. The quantitative estimate of drug-likeness (QED) is 0.582. The number of benzene rings is 2. The van der Waals surface area contributed by atoms with Crippen LogP contribution in [0.3, 0.4) is 0 Å². The van der Waals surface area contributed by atoms with Gasteiger partial charge in [0.1, 0.15) is 0 Å². The average Bonchev–Trinajstić information content (AvgIpc) is 3.35. The second kappa shape index (κ2) is 6.81. The summed E-state index contributed by atoms with van der Waals surface area (Å²) in [7, 11) is 0. The highest BCUT2D eigenvalue weighted by molar-refractivity contribution is 6.31. The molecule has 1 N–H and O–H groups in total. The monoisotopic (exact) mass is 420 g/mol. The van der Waals surface area contributed by atoms with Crippen molar-refractivity contribution in [2.45, 2.75) is 20.3 Å². The molecule has 5 rings (SSSR count). The van der Waals surface area contributed by atoms with Crippen LogP contribution in [0.2, 0.25) is 5.02 Å². The second-order valence-corrected chi connectivity index (χ2v) is 8.88. The van der Waals surface area contributed by atoms with E-state index in [0.29, 0.717) is 22.0 Å². The highest BCUT2D eigenvalue weighted by Crippen LogP contribution is 2.55. The van der Waals surface area contributed by atoms with Crippen molar-refractivity contribution in [2.75, 3.05) is 10.2 Å². The number of amides is 3. The van der Waals surface area contributed by atoms with E-state index in [1.807, 2.05) is 13.0 Å². The summed E-state index contributed by atoms with van der Waals surface area (Å²) < 4.78 is 0. The van der Waals surface area contributed by atoms with Crippen LogP contribution in [-0.4, -0.2) is 17.7 Å². The Morgan fingerprint density at radius 3 is 2.47 bits per heavy atom. The summed E-state index contributed by atoms with van der Waals surface area (Å²) in [5, 5.41) is 3.40. The molecule has 2 aromatic carbocycles. The maximum atomic E-state index is 13.0. The van der Waals surface area contributed by atoms with Gasteiger partial charge in [0.2, 0.25) is 11.8 Å². The second-order valence-electron chi connectivity index (χ2n) is 8.44. The Labute approximate surface area is 179 Å². The van der Waals surface area contributed by atoms with Gasteiger partial charge in [0.05, 0.1) is 17.5 Å². The van der Waals surface area contributed by atoms with Crippen LogP contribution in [-0.2, 0) is 9.59 Å². The first-order valence-electron chi connectivity index (χ1n) is 10.1. The van der Waals surface area contributed by atoms with Gasteiger partial charge in [0.15, 0.2) is 0 Å². The molecule has 2 fully saturated rings. The molecule has 2 aliphatic carbocycles. The molecule has 2 bridgehead atoms. The molecule has 0 radical (unpaired) electrons. The van der Waals surface area contributed by atoms with Gasteiger partial charge in [0.25, 0.3) is 5.91 Å². The van der Waals surface area contributed by atoms with Crippen LogP contribution in [0.4, 0.5) is 11.4 Å². The number of carbonyl (C=O) groups is 3. The average molecular weight is 421 g/mol. The lowest BCUT2D eigenvalue weighted by molar-refractivity contribution is -0.123. The Kier molecular flexibility index (Phi) is 4.33. The minimum Gasteiger partial charge on any atom is -0.322 e. The predicted molar refractivity (Wildman–Crippen MR) is 115 cm³/mol. The van der Waals surface area contributed by atoms with Crippen LogP contribution >= 0.6 is 11.6 Å². The zero-order valence-corrected chi connectivity index (χ0v) is 17.4. The molecule has 1 heterocycles. The van der Waals surface area contributed by atoms with E-state index < -0.39 is 0 Å². The summed E-state index contributed by atoms with van der Waals surface area (Å²) in [4.78, 5) is 40.0. The van der Waals surface area contributed by atoms with Crippen molar-refractivity contribution < 1.29 is 14.4 Å². The number of allylic oxidation sites excluding steroid dienone is 2. The Morgan fingerprint density at radius 2 is 1.73 bits per heavy atom. The van der Waals surface area contributed by atoms with Crippen LogP contribution in [0.5, 0.6) is 0 Å². The summed E-state index contributed by atoms with van der Waals surface area (Å²) in [6.45, 7) is 3.94. The molecule has 1 saturated heterocycles. The van der Waals surface area contributed by atoms with Crippen LogP contribution < -0.4 is 10.2 Å². The molecular formula is C24H21ClN2O3. The van der Waals surface area contributed by atoms with E-state index in [0.717, 1.165) is 12.0 Å². The summed E-state index contributed by atoms with van der Waals surface area (Å²) in [5.41, 5.74) is 3.74. The fraction of sp³-hybridized carbons (Fsp3) is 0.292. The smallest absolute Gasteiger partial charge is 0.255 e. The van der Waals surface area contributed by atoms with E-state index in [4.69, 9.17) is 11.6 Å². The van der Waals surface area contributed by atoms with Crippen molar-refractivity contribution in [3.05, 3.63) is 70.3 Å². The van der Waals surface area contributed by atoms with Crippen molar-refractivity contribution in [1.82, 2.24) is 0 Å². The van der Waals surface area contributed by atoms with E-state index in [9.17, 15) is 14.4 Å². The van der Waals surface area contributed by atoms with Crippen molar-refractivity contribution >= 4 is 40.7 Å². The molecule has 5 nitrogen and oxygen atoms in total. The molecule has 152 valence electrons. The van der Waals surface area contributed by atoms with Gasteiger partial charge in [-0.15, -0.1) is 0 Å². The first-order chi connectivity index (χ1) is 14.3. The third-order valence-corrected chi connectivity index (χ3v) is 6.95. The first-order valence-corrected chi connectivity index (χ1v) is 10.5. The molecule has 0 aromatic heterocycles. The predicted octanol–water partition coefficient (Wildman–Crippen LogP) is 4.60. The van der Waals surface area contributed by atoms with Crippen LogP contribution in [0.1, 0.15) is 29.3 Å². The minimum absolute atomic E-state index is 0.114. The maximum Gasteiger partial charge on any atom is 0.255 e. The number of nitrogens with one attached hydrogen (secondary N) is 1. The van der Waals surface area contributed by atoms with Gasteiger partial charge < -0.3 is 5.32 Å². The number of halogens is 1. The van der Waals surface area contributed by atoms with Crippen molar-refractivity contribution in [2.24, 2.45) is 23.7 Å². The molecule has 1 saturated carbocycles. The number of hydrogen-bond acceptors (Lipinski definition) is 3. The van der Waals surface area contributed by atoms with Gasteiger partial charge in [-0.3, -0.25) is 19.3 Å². The van der Waals surface area contributed by atoms with Gasteiger partial charge >= 0.3 is 0 Å². The van der Waals surface area contributed by atoms with E-state index in [-0.39, 0.29) is 41.4 Å². The van der Waals surface area contributed by atoms with E-state index in [2.05, 4.69) is 18.3 Å². The molecule has 6 heteroatoms. The van der Waals surface area contributed by atoms with Crippen molar-refractivity contribution in [3.63, 3.8) is 0 Å². The maximum absolute atomic E-state index is 13.0. The Bertz CT molecular complexity index is 1120. The molecule has 0 unspecified atom stereocenters. The zero-order valence-electron chi connectivity index (χ0n) is 16.7. The number of rotatable bonds is 3. The summed E-state index contributed by atoms with van der Waals surface area (Å²) in [6.07, 6.45) is 3.07. The first kappa shape index (κ1) is 19.1. The number of imide groups is 1. The van der Waals surface area contributed by atoms with Gasteiger partial charge in [0, 0.05) is 16.3 Å². The van der Waals surface area contributed by atoms with Crippen LogP contribution in [0.25, 0.3) is 0 Å². The van der Waals surface area contributed by atoms with Crippen molar-refractivity contribution in [1.29, 1.82) is 0 Å². The lowest BCUT2D eigenvalue weighted by Gasteiger charge is -2.19. The standard InChI is InChI=1S/C24H21ClN2O3/c1-12-3-6-16(25)11-19(12)26-22(28)14-4-7-17(8-5-14)27-23(29)20-15-9-13(2)18(10-15)21(20)24(27)30/h3-9,11,15,18,20-21H,10H2,1-2H3,(H,26,28)/t15-,18+,20+,21+/m0/s1. The van der Waals surface area contributed by atoms with Gasteiger partial charge in [-0.25, -0.2) is 0 Å². The summed E-state index contributed by atoms with van der Waals surface area (Å²) in [6, 6.07) is 11.9. The Morgan fingerprint density at radius 1 is 1.03 bits per heavy atom. The molecule has 2 aromatic rings. The zero-order chi connectivity index (χ0) is 21.2. The lowest BCUT2D eigenvalue weighted by Crippen LogP contribution is -2.33. The highest BCUT2D eigenvalue weighted by Gasteiger charge is 2.60. The van der Waals surface area contributed by atoms with Gasteiger partial charge in [-0.1, -0.05) is 29.3 Å². The third kappa shape index (κ3) is 2.80.